The molecule has 0 unspecified atom stereocenters. The minimum absolute atomic E-state index is 0.0126. The van der Waals surface area contributed by atoms with Crippen molar-refractivity contribution < 1.29 is 35.5 Å². The van der Waals surface area contributed by atoms with Crippen LogP contribution in [0.3, 0.4) is 0 Å². The fourth-order valence-electron chi connectivity index (χ4n) is 7.56. The van der Waals surface area contributed by atoms with E-state index in [1.54, 1.807) is 48.5 Å². The van der Waals surface area contributed by atoms with Gasteiger partial charge in [-0.1, -0.05) is 52.0 Å². The zero-order valence-corrected chi connectivity index (χ0v) is 44.7. The Kier molecular flexibility index (Phi) is 20.4. The van der Waals surface area contributed by atoms with Crippen molar-refractivity contribution in [2.24, 2.45) is 0 Å². The van der Waals surface area contributed by atoms with Gasteiger partial charge >= 0.3 is 0 Å². The number of nitrogens with zero attached hydrogens (tertiary/aromatic N) is 8. The van der Waals surface area contributed by atoms with Crippen LogP contribution in [0, 0.1) is 0 Å². The summed E-state index contributed by atoms with van der Waals surface area (Å²) in [6, 6.07) is 21.3. The van der Waals surface area contributed by atoms with Crippen LogP contribution in [0.4, 0.5) is 58.4 Å². The monoisotopic (exact) mass is 1080 g/mol. The maximum Gasteiger partial charge on any atom is 0.295 e. The molecule has 24 nitrogen and oxygen atoms in total. The first kappa shape index (κ1) is 57.4. The van der Waals surface area contributed by atoms with Crippen LogP contribution in [0.2, 0.25) is 0 Å². The molecule has 0 spiro atoms. The molecule has 0 bridgehead atoms. The van der Waals surface area contributed by atoms with E-state index in [-0.39, 0.29) is 70.0 Å². The molecule has 0 aliphatic carbocycles. The highest BCUT2D eigenvalue weighted by molar-refractivity contribution is 7.86. The first-order valence-electron chi connectivity index (χ1n) is 24.5. The summed E-state index contributed by atoms with van der Waals surface area (Å²) in [6.07, 6.45) is 4.12. The van der Waals surface area contributed by atoms with Crippen molar-refractivity contribution in [2.75, 3.05) is 98.4 Å². The Labute approximate surface area is 442 Å². The van der Waals surface area contributed by atoms with Gasteiger partial charge in [0.25, 0.3) is 32.1 Å². The van der Waals surface area contributed by atoms with Crippen LogP contribution in [0.1, 0.15) is 72.4 Å². The average Bonchev–Trinajstić information content (AvgIpc) is 3.40. The van der Waals surface area contributed by atoms with Crippen molar-refractivity contribution in [2.45, 2.75) is 50.3 Å². The SMILES string of the molecule is CCN(CC)CCCNc1nc(Nc2ccc(C(=O)NC)cc2)nc(Nc2ccc(C=Cc3ccc(Nc4nc(NCCCN(CC)CC)nc(Nc5ccc(C(=O)NC)cc5)n4)cc3S(=O)(=O)O)c(S(=O)(=O)O)c2)n1. The standard InChI is InChI=1S/C50H64N16O8S2/c1-7-65(8-2)29-11-27-53-45-59-47(55-37-21-17-35(18-22-37)43(67)51-5)63-49(61-45)57-39-25-15-33(41(31-39)75(69,70)71)13-14-34-16-26-40(32-42(34)76(72,73)74)58-50-62-46(54-28-12-30-66(9-3)10-4)60-48(64-50)56-38-23-19-36(20-24-38)44(68)52-6/h13-26,31-32H,7-12,27-30H2,1-6H3,(H,51,67)(H,52,68)(H,69,70,71)(H,72,73,74)(H3,53,55,57,59,61,63)(H3,54,56,58,60,62,64). The Morgan fingerprint density at radius 2 is 0.776 bits per heavy atom. The van der Waals surface area contributed by atoms with Gasteiger partial charge in [0.05, 0.1) is 0 Å². The molecule has 2 amide bonds. The number of benzene rings is 4. The Balaban J connectivity index is 1.25. The van der Waals surface area contributed by atoms with Crippen LogP contribution in [0.15, 0.2) is 94.7 Å². The van der Waals surface area contributed by atoms with E-state index in [0.717, 1.165) is 64.2 Å². The van der Waals surface area contributed by atoms with E-state index < -0.39 is 30.0 Å². The largest absolute Gasteiger partial charge is 0.355 e. The molecule has 6 rings (SSSR count). The highest BCUT2D eigenvalue weighted by atomic mass is 32.2. The second-order valence-electron chi connectivity index (χ2n) is 16.8. The summed E-state index contributed by atoms with van der Waals surface area (Å²) in [7, 11) is -6.73. The number of aromatic nitrogens is 6. The lowest BCUT2D eigenvalue weighted by atomic mass is 10.1. The van der Waals surface area contributed by atoms with E-state index in [2.05, 4.69) is 110 Å². The van der Waals surface area contributed by atoms with Crippen LogP contribution >= 0.6 is 0 Å². The van der Waals surface area contributed by atoms with Crippen LogP contribution < -0.4 is 42.5 Å². The summed E-state index contributed by atoms with van der Waals surface area (Å²) in [4.78, 5) is 54.7. The van der Waals surface area contributed by atoms with E-state index in [0.29, 0.717) is 35.6 Å². The maximum absolute atomic E-state index is 12.9. The normalized spacial score (nSPS) is 11.7. The van der Waals surface area contributed by atoms with Crippen molar-refractivity contribution in [3.8, 4) is 0 Å². The molecule has 2 aromatic heterocycles. The van der Waals surface area contributed by atoms with Gasteiger partial charge in [-0.3, -0.25) is 18.7 Å². The van der Waals surface area contributed by atoms with Crippen molar-refractivity contribution in [3.05, 3.63) is 107 Å². The summed E-state index contributed by atoms with van der Waals surface area (Å²) < 4.78 is 72.4. The van der Waals surface area contributed by atoms with Gasteiger partial charge in [-0.2, -0.15) is 46.7 Å². The van der Waals surface area contributed by atoms with E-state index in [1.807, 2.05) is 0 Å². The number of anilines is 10. The Bertz CT molecular complexity index is 2980. The zero-order chi connectivity index (χ0) is 54.8. The highest BCUT2D eigenvalue weighted by Gasteiger charge is 2.20. The van der Waals surface area contributed by atoms with Gasteiger partial charge in [0, 0.05) is 61.1 Å². The molecule has 0 atom stereocenters. The number of amides is 2. The molecule has 0 radical (unpaired) electrons. The molecule has 0 saturated heterocycles. The molecule has 0 saturated carbocycles. The molecule has 2 heterocycles. The van der Waals surface area contributed by atoms with E-state index in [4.69, 9.17) is 0 Å². The lowest BCUT2D eigenvalue weighted by Gasteiger charge is -2.18. The van der Waals surface area contributed by atoms with Crippen LogP contribution in [0.25, 0.3) is 12.2 Å². The molecule has 6 aromatic rings. The summed E-state index contributed by atoms with van der Waals surface area (Å²) >= 11 is 0. The predicted molar refractivity (Wildman–Crippen MR) is 296 cm³/mol. The maximum atomic E-state index is 12.9. The molecule has 0 aliphatic heterocycles. The van der Waals surface area contributed by atoms with E-state index in [1.165, 1.54) is 50.5 Å². The van der Waals surface area contributed by atoms with Gasteiger partial charge in [-0.15, -0.1) is 0 Å². The van der Waals surface area contributed by atoms with Gasteiger partial charge in [0.2, 0.25) is 35.7 Å². The fraction of sp³-hybridized carbons (Fsp3) is 0.320. The summed E-state index contributed by atoms with van der Waals surface area (Å²) in [6.45, 7) is 14.7. The third-order valence-corrected chi connectivity index (χ3v) is 13.5. The second kappa shape index (κ2) is 27.1. The lowest BCUT2D eigenvalue weighted by Crippen LogP contribution is -2.25. The van der Waals surface area contributed by atoms with E-state index in [9.17, 15) is 35.5 Å². The number of rotatable bonds is 28. The average molecular weight is 1080 g/mol. The van der Waals surface area contributed by atoms with Crippen molar-refractivity contribution in [1.82, 2.24) is 50.3 Å². The Morgan fingerprint density at radius 1 is 0.474 bits per heavy atom. The first-order chi connectivity index (χ1) is 36.4. The number of nitrogens with one attached hydrogen (secondary N) is 8. The molecule has 4 aromatic carbocycles. The minimum Gasteiger partial charge on any atom is -0.355 e. The summed E-state index contributed by atoms with van der Waals surface area (Å²) in [5.41, 5.74) is 2.29. The first-order valence-corrected chi connectivity index (χ1v) is 27.4. The Morgan fingerprint density at radius 3 is 1.08 bits per heavy atom. The summed E-state index contributed by atoms with van der Waals surface area (Å²) in [5.74, 6) is 0.189. The number of hydrogen-bond donors (Lipinski definition) is 10. The summed E-state index contributed by atoms with van der Waals surface area (Å²) in [5, 5.41) is 23.8. The van der Waals surface area contributed by atoms with Crippen LogP contribution in [-0.2, 0) is 20.2 Å². The topological polar surface area (TPSA) is 323 Å². The molecule has 0 fully saturated rings. The number of carbonyl (C=O) groups is 2. The molecule has 404 valence electrons. The highest BCUT2D eigenvalue weighted by Crippen LogP contribution is 2.29. The third kappa shape index (κ3) is 16.8. The van der Waals surface area contributed by atoms with Gasteiger partial charge < -0.3 is 52.3 Å². The van der Waals surface area contributed by atoms with Gasteiger partial charge in [-0.05, 0) is 136 Å². The molecule has 76 heavy (non-hydrogen) atoms. The molecule has 26 heteroatoms. The lowest BCUT2D eigenvalue weighted by molar-refractivity contribution is 0.0955. The second-order valence-corrected chi connectivity index (χ2v) is 19.6. The van der Waals surface area contributed by atoms with Crippen LogP contribution in [-0.4, -0.2) is 144 Å². The van der Waals surface area contributed by atoms with Crippen molar-refractivity contribution >= 4 is 103 Å². The molecule has 10 N–H and O–H groups in total. The van der Waals surface area contributed by atoms with Crippen molar-refractivity contribution in [1.29, 1.82) is 0 Å². The molecule has 0 aliphatic rings. The van der Waals surface area contributed by atoms with Gasteiger partial charge in [0.15, 0.2) is 0 Å². The Hall–Kier alpha value is -7.88. The molecular weight excluding hydrogens is 1020 g/mol. The molecular formula is C50H64N16O8S2. The van der Waals surface area contributed by atoms with E-state index >= 15 is 0 Å². The quantitative estimate of drug-likeness (QED) is 0.0139. The van der Waals surface area contributed by atoms with Gasteiger partial charge in [-0.25, -0.2) is 0 Å². The number of carbonyl (C=O) groups excluding carboxylic acids is 2. The third-order valence-electron chi connectivity index (χ3n) is 11.7. The smallest absolute Gasteiger partial charge is 0.295 e. The minimum atomic E-state index is -4.90. The zero-order valence-electron chi connectivity index (χ0n) is 43.0. The van der Waals surface area contributed by atoms with Gasteiger partial charge in [0.1, 0.15) is 9.79 Å². The van der Waals surface area contributed by atoms with Crippen LogP contribution in [0.5, 0.6) is 0 Å². The van der Waals surface area contributed by atoms with Crippen molar-refractivity contribution in [3.63, 3.8) is 0 Å². The number of hydrogen-bond acceptors (Lipinski definition) is 20. The fourth-order valence-corrected chi connectivity index (χ4v) is 8.98. The predicted octanol–water partition coefficient (Wildman–Crippen LogP) is 6.70.